The van der Waals surface area contributed by atoms with Crippen molar-refractivity contribution in [3.05, 3.63) is 64.9 Å². The predicted molar refractivity (Wildman–Crippen MR) is 105 cm³/mol. The van der Waals surface area contributed by atoms with E-state index in [1.165, 1.54) is 17.8 Å². The molecular formula is C18H16ClFN2O2S2. The molecule has 2 aliphatic heterocycles. The Hall–Kier alpha value is -1.57. The lowest BCUT2D eigenvalue weighted by Gasteiger charge is -2.26. The summed E-state index contributed by atoms with van der Waals surface area (Å²) in [6.45, 7) is 0. The van der Waals surface area contributed by atoms with Crippen LogP contribution in [0.3, 0.4) is 0 Å². The molecule has 1 fully saturated rings. The van der Waals surface area contributed by atoms with Gasteiger partial charge in [0.15, 0.2) is 15.0 Å². The number of hydrogen-bond donors (Lipinski definition) is 0. The van der Waals surface area contributed by atoms with Gasteiger partial charge in [-0.1, -0.05) is 47.6 Å². The van der Waals surface area contributed by atoms with Gasteiger partial charge in [0.05, 0.1) is 23.6 Å². The molecule has 0 amide bonds. The quantitative estimate of drug-likeness (QED) is 0.773. The Labute approximate surface area is 161 Å². The SMILES string of the molecule is O=S1(=O)C[C@@H]2N=C(SCc3c(F)cccc3Cl)N(c3ccccc3)[C@H]2C1. The second kappa shape index (κ2) is 6.87. The van der Waals surface area contributed by atoms with Crippen molar-refractivity contribution in [3.63, 3.8) is 0 Å². The molecule has 1 saturated heterocycles. The van der Waals surface area contributed by atoms with Crippen molar-refractivity contribution in [2.24, 2.45) is 4.99 Å². The highest BCUT2D eigenvalue weighted by Gasteiger charge is 2.47. The first-order valence-electron chi connectivity index (χ1n) is 8.13. The van der Waals surface area contributed by atoms with Gasteiger partial charge in [0.1, 0.15) is 5.82 Å². The monoisotopic (exact) mass is 410 g/mol. The number of rotatable bonds is 3. The minimum absolute atomic E-state index is 0.0610. The van der Waals surface area contributed by atoms with Crippen LogP contribution >= 0.6 is 23.4 Å². The number of fused-ring (bicyclic) bond motifs is 1. The molecule has 0 bridgehead atoms. The molecule has 4 rings (SSSR count). The third-order valence-corrected chi connectivity index (χ3v) is 7.60. The van der Waals surface area contributed by atoms with Crippen LogP contribution < -0.4 is 4.90 Å². The van der Waals surface area contributed by atoms with E-state index >= 15 is 0 Å². The van der Waals surface area contributed by atoms with Gasteiger partial charge >= 0.3 is 0 Å². The summed E-state index contributed by atoms with van der Waals surface area (Å²) in [5.41, 5.74) is 1.32. The van der Waals surface area contributed by atoms with E-state index in [4.69, 9.17) is 11.6 Å². The largest absolute Gasteiger partial charge is 0.315 e. The lowest BCUT2D eigenvalue weighted by Crippen LogP contribution is -2.39. The second-order valence-corrected chi connectivity index (χ2v) is 9.82. The Morgan fingerprint density at radius 2 is 1.92 bits per heavy atom. The maximum atomic E-state index is 14.0. The Morgan fingerprint density at radius 1 is 1.15 bits per heavy atom. The minimum atomic E-state index is -3.09. The van der Waals surface area contributed by atoms with Crippen LogP contribution in [0, 0.1) is 5.82 Å². The Kier molecular flexibility index (Phi) is 4.71. The van der Waals surface area contributed by atoms with E-state index in [9.17, 15) is 12.8 Å². The van der Waals surface area contributed by atoms with Gasteiger partial charge in [0.2, 0.25) is 0 Å². The summed E-state index contributed by atoms with van der Waals surface area (Å²) >= 11 is 7.50. The van der Waals surface area contributed by atoms with Crippen molar-refractivity contribution in [2.45, 2.75) is 17.8 Å². The first-order valence-corrected chi connectivity index (χ1v) is 11.3. The molecule has 0 radical (unpaired) electrons. The molecule has 26 heavy (non-hydrogen) atoms. The van der Waals surface area contributed by atoms with Gasteiger partial charge < -0.3 is 4.90 Å². The minimum Gasteiger partial charge on any atom is -0.315 e. The normalized spacial score (nSPS) is 23.8. The van der Waals surface area contributed by atoms with Crippen molar-refractivity contribution >= 4 is 44.1 Å². The van der Waals surface area contributed by atoms with Gasteiger partial charge in [-0.15, -0.1) is 0 Å². The van der Waals surface area contributed by atoms with Crippen molar-refractivity contribution in [2.75, 3.05) is 16.4 Å². The van der Waals surface area contributed by atoms with E-state index in [1.807, 2.05) is 35.2 Å². The maximum Gasteiger partial charge on any atom is 0.164 e. The average molecular weight is 411 g/mol. The van der Waals surface area contributed by atoms with Crippen molar-refractivity contribution in [3.8, 4) is 0 Å². The molecule has 0 saturated carbocycles. The molecule has 0 N–H and O–H groups in total. The van der Waals surface area contributed by atoms with Crippen molar-refractivity contribution in [1.82, 2.24) is 0 Å². The lowest BCUT2D eigenvalue weighted by molar-refractivity contribution is 0.601. The summed E-state index contributed by atoms with van der Waals surface area (Å²) in [6, 6.07) is 13.7. The molecule has 0 aliphatic carbocycles. The molecule has 4 nitrogen and oxygen atoms in total. The van der Waals surface area contributed by atoms with Gasteiger partial charge in [-0.2, -0.15) is 0 Å². The van der Waals surface area contributed by atoms with E-state index in [2.05, 4.69) is 4.99 Å². The number of para-hydroxylation sites is 1. The molecule has 2 aromatic rings. The summed E-state index contributed by atoms with van der Waals surface area (Å²) in [5.74, 6) is 0.129. The van der Waals surface area contributed by atoms with E-state index in [0.717, 1.165) is 5.69 Å². The molecule has 2 aromatic carbocycles. The number of halogens is 2. The van der Waals surface area contributed by atoms with Crippen molar-refractivity contribution < 1.29 is 12.8 Å². The number of thioether (sulfide) groups is 1. The molecule has 8 heteroatoms. The zero-order chi connectivity index (χ0) is 18.3. The zero-order valence-electron chi connectivity index (χ0n) is 13.7. The smallest absolute Gasteiger partial charge is 0.164 e. The van der Waals surface area contributed by atoms with Crippen LogP contribution in [0.5, 0.6) is 0 Å². The summed E-state index contributed by atoms with van der Waals surface area (Å²) in [6.07, 6.45) is 0. The number of aliphatic imine (C=N–C) groups is 1. The fourth-order valence-corrected chi connectivity index (χ4v) is 6.64. The van der Waals surface area contributed by atoms with E-state index < -0.39 is 9.84 Å². The maximum absolute atomic E-state index is 14.0. The van der Waals surface area contributed by atoms with Crippen LogP contribution in [0.4, 0.5) is 10.1 Å². The van der Waals surface area contributed by atoms with Crippen LogP contribution in [-0.4, -0.2) is 37.2 Å². The van der Waals surface area contributed by atoms with E-state index in [1.54, 1.807) is 12.1 Å². The fraction of sp³-hybridized carbons (Fsp3) is 0.278. The average Bonchev–Trinajstić information content (AvgIpc) is 3.06. The third kappa shape index (κ3) is 3.35. The number of amidine groups is 1. The Bertz CT molecular complexity index is 946. The Balaban J connectivity index is 1.63. The molecular weight excluding hydrogens is 395 g/mol. The summed E-state index contributed by atoms with van der Waals surface area (Å²) in [7, 11) is -3.09. The molecule has 2 aliphatic rings. The number of sulfone groups is 1. The second-order valence-electron chi connectivity index (χ2n) is 6.32. The molecule has 2 atom stereocenters. The van der Waals surface area contributed by atoms with E-state index in [-0.39, 0.29) is 29.4 Å². The van der Waals surface area contributed by atoms with Crippen LogP contribution in [0.15, 0.2) is 53.5 Å². The first-order chi connectivity index (χ1) is 12.4. The standard InChI is InChI=1S/C18H16ClFN2O2S2/c19-14-7-4-8-15(20)13(14)9-25-18-21-16-10-26(23,24)11-17(16)22(18)12-5-2-1-3-6-12/h1-8,16-17H,9-11H2/t16-,17-/m0/s1. The summed E-state index contributed by atoms with van der Waals surface area (Å²) in [5, 5.41) is 1.09. The highest BCUT2D eigenvalue weighted by Crippen LogP contribution is 2.36. The number of anilines is 1. The summed E-state index contributed by atoms with van der Waals surface area (Å²) in [4.78, 5) is 6.61. The number of hydrogen-bond acceptors (Lipinski definition) is 5. The highest BCUT2D eigenvalue weighted by atomic mass is 35.5. The number of nitrogens with zero attached hydrogens (tertiary/aromatic N) is 2. The van der Waals surface area contributed by atoms with Gasteiger partial charge in [-0.3, -0.25) is 4.99 Å². The Morgan fingerprint density at radius 3 is 2.65 bits per heavy atom. The molecule has 2 heterocycles. The molecule has 0 spiro atoms. The van der Waals surface area contributed by atoms with Crippen LogP contribution in [0.25, 0.3) is 0 Å². The predicted octanol–water partition coefficient (Wildman–Crippen LogP) is 3.75. The van der Waals surface area contributed by atoms with Crippen LogP contribution in [0.1, 0.15) is 5.56 Å². The van der Waals surface area contributed by atoms with Crippen molar-refractivity contribution in [1.29, 1.82) is 0 Å². The fourth-order valence-electron chi connectivity index (χ4n) is 3.33. The van der Waals surface area contributed by atoms with Gasteiger partial charge in [-0.25, -0.2) is 12.8 Å². The van der Waals surface area contributed by atoms with Crippen LogP contribution in [-0.2, 0) is 15.6 Å². The summed E-state index contributed by atoms with van der Waals surface area (Å²) < 4.78 is 38.1. The zero-order valence-corrected chi connectivity index (χ0v) is 16.1. The first kappa shape index (κ1) is 17.8. The molecule has 0 aromatic heterocycles. The van der Waals surface area contributed by atoms with Gasteiger partial charge in [0, 0.05) is 22.0 Å². The molecule has 136 valence electrons. The third-order valence-electron chi connectivity index (χ3n) is 4.55. The topological polar surface area (TPSA) is 49.7 Å². The van der Waals surface area contributed by atoms with Crippen LogP contribution in [0.2, 0.25) is 5.02 Å². The van der Waals surface area contributed by atoms with Gasteiger partial charge in [-0.05, 0) is 24.3 Å². The highest BCUT2D eigenvalue weighted by molar-refractivity contribution is 8.13. The lowest BCUT2D eigenvalue weighted by atomic mass is 10.1. The van der Waals surface area contributed by atoms with Gasteiger partial charge in [0.25, 0.3) is 0 Å². The number of benzene rings is 2. The van der Waals surface area contributed by atoms with E-state index in [0.29, 0.717) is 21.5 Å². The molecule has 0 unspecified atom stereocenters.